The Balaban J connectivity index is 1.35. The van der Waals surface area contributed by atoms with Crippen molar-refractivity contribution in [2.24, 2.45) is 10.2 Å². The van der Waals surface area contributed by atoms with Crippen molar-refractivity contribution in [3.05, 3.63) is 48.7 Å². The largest absolute Gasteiger partial charge is 0.453 e. The first kappa shape index (κ1) is 16.0. The molecule has 1 N–H and O–H groups in total. The van der Waals surface area contributed by atoms with Crippen LogP contribution in [0.15, 0.2) is 68.4 Å². The zero-order valence-electron chi connectivity index (χ0n) is 14.2. The number of aromatic amines is 1. The Hall–Kier alpha value is -3.26. The van der Waals surface area contributed by atoms with E-state index in [9.17, 15) is 0 Å². The SMILES string of the molecule is C1=NN=C(CSc2n[nH]c(-c3ccc(-c4ccc5ncccc5c4)o3)n2)C1. The molecule has 4 heterocycles. The minimum Gasteiger partial charge on any atom is -0.453 e. The number of hydrogen-bond donors (Lipinski definition) is 1. The number of H-pyrrole nitrogens is 1. The van der Waals surface area contributed by atoms with Crippen molar-refractivity contribution in [1.29, 1.82) is 0 Å². The molecule has 132 valence electrons. The Morgan fingerprint density at radius 3 is 3.00 bits per heavy atom. The fourth-order valence-corrected chi connectivity index (χ4v) is 3.55. The lowest BCUT2D eigenvalue weighted by atomic mass is 10.1. The molecule has 0 amide bonds. The standard InChI is InChI=1S/C19H14N6OS/c1-2-12-10-13(3-4-15(12)20-8-1)16-5-6-17(26-16)18-22-19(25-24-18)27-11-14-7-9-21-23-14/h1-6,8-10H,7,11H2,(H,22,24,25). The Bertz CT molecular complexity index is 1180. The summed E-state index contributed by atoms with van der Waals surface area (Å²) in [7, 11) is 0. The molecule has 0 bridgehead atoms. The third-order valence-corrected chi connectivity index (χ3v) is 5.09. The van der Waals surface area contributed by atoms with Gasteiger partial charge in [-0.2, -0.15) is 15.2 Å². The lowest BCUT2D eigenvalue weighted by molar-refractivity contribution is 0.592. The first-order chi connectivity index (χ1) is 13.3. The third kappa shape index (κ3) is 3.26. The molecule has 0 saturated carbocycles. The van der Waals surface area contributed by atoms with Crippen LogP contribution in [0.4, 0.5) is 0 Å². The topological polar surface area (TPSA) is 92.3 Å². The van der Waals surface area contributed by atoms with E-state index in [0.29, 0.717) is 16.7 Å². The average molecular weight is 374 g/mol. The van der Waals surface area contributed by atoms with Crippen LogP contribution in [-0.2, 0) is 0 Å². The van der Waals surface area contributed by atoms with E-state index in [-0.39, 0.29) is 0 Å². The van der Waals surface area contributed by atoms with Crippen molar-refractivity contribution in [3.63, 3.8) is 0 Å². The normalized spacial score (nSPS) is 13.4. The number of hydrogen-bond acceptors (Lipinski definition) is 7. The zero-order valence-corrected chi connectivity index (χ0v) is 15.0. The summed E-state index contributed by atoms with van der Waals surface area (Å²) in [5.41, 5.74) is 2.98. The van der Waals surface area contributed by atoms with Crippen LogP contribution >= 0.6 is 11.8 Å². The summed E-state index contributed by atoms with van der Waals surface area (Å²) in [6, 6.07) is 13.9. The monoisotopic (exact) mass is 374 g/mol. The molecule has 0 radical (unpaired) electrons. The van der Waals surface area contributed by atoms with Gasteiger partial charge in [0.25, 0.3) is 0 Å². The number of furan rings is 1. The van der Waals surface area contributed by atoms with Crippen molar-refractivity contribution in [3.8, 4) is 22.9 Å². The van der Waals surface area contributed by atoms with Crippen LogP contribution in [-0.4, -0.2) is 37.8 Å². The maximum absolute atomic E-state index is 5.99. The summed E-state index contributed by atoms with van der Waals surface area (Å²) in [6.45, 7) is 0. The molecule has 5 rings (SSSR count). The number of fused-ring (bicyclic) bond motifs is 1. The highest BCUT2D eigenvalue weighted by Gasteiger charge is 2.13. The molecule has 1 aliphatic heterocycles. The third-order valence-electron chi connectivity index (χ3n) is 4.17. The highest BCUT2D eigenvalue weighted by molar-refractivity contribution is 7.99. The van der Waals surface area contributed by atoms with E-state index in [1.807, 2.05) is 36.4 Å². The highest BCUT2D eigenvalue weighted by atomic mass is 32.2. The summed E-state index contributed by atoms with van der Waals surface area (Å²) >= 11 is 1.52. The minimum absolute atomic E-state index is 0.607. The number of pyridine rings is 1. The predicted octanol–water partition coefficient (Wildman–Crippen LogP) is 4.20. The summed E-state index contributed by atoms with van der Waals surface area (Å²) in [5, 5.41) is 16.8. The summed E-state index contributed by atoms with van der Waals surface area (Å²) in [6.07, 6.45) is 4.39. The van der Waals surface area contributed by atoms with Crippen LogP contribution in [0.2, 0.25) is 0 Å². The molecule has 0 aliphatic carbocycles. The van der Waals surface area contributed by atoms with Crippen molar-refractivity contribution < 1.29 is 4.42 Å². The first-order valence-corrected chi connectivity index (χ1v) is 9.41. The van der Waals surface area contributed by atoms with Crippen molar-refractivity contribution in [1.82, 2.24) is 20.2 Å². The van der Waals surface area contributed by atoms with Gasteiger partial charge in [-0.15, -0.1) is 5.10 Å². The van der Waals surface area contributed by atoms with Crippen LogP contribution in [0, 0.1) is 0 Å². The van der Waals surface area contributed by atoms with Gasteiger partial charge in [0.15, 0.2) is 11.6 Å². The van der Waals surface area contributed by atoms with Gasteiger partial charge in [0.2, 0.25) is 5.16 Å². The number of thioether (sulfide) groups is 1. The molecule has 3 aromatic heterocycles. The van der Waals surface area contributed by atoms with Gasteiger partial charge >= 0.3 is 0 Å². The maximum atomic E-state index is 5.99. The van der Waals surface area contributed by atoms with Crippen molar-refractivity contribution in [2.75, 3.05) is 5.75 Å². The summed E-state index contributed by atoms with van der Waals surface area (Å²) in [5.74, 6) is 2.76. The summed E-state index contributed by atoms with van der Waals surface area (Å²) in [4.78, 5) is 8.84. The predicted molar refractivity (Wildman–Crippen MR) is 106 cm³/mol. The summed E-state index contributed by atoms with van der Waals surface area (Å²) < 4.78 is 5.99. The molecule has 0 fully saturated rings. The van der Waals surface area contributed by atoms with Crippen LogP contribution < -0.4 is 0 Å². The van der Waals surface area contributed by atoms with Crippen LogP contribution in [0.1, 0.15) is 6.42 Å². The first-order valence-electron chi connectivity index (χ1n) is 8.43. The highest BCUT2D eigenvalue weighted by Crippen LogP contribution is 2.29. The lowest BCUT2D eigenvalue weighted by Gasteiger charge is -2.00. The van der Waals surface area contributed by atoms with Gasteiger partial charge in [0.05, 0.1) is 11.2 Å². The molecule has 7 nitrogen and oxygen atoms in total. The van der Waals surface area contributed by atoms with E-state index in [4.69, 9.17) is 4.42 Å². The molecule has 1 aromatic carbocycles. The Morgan fingerprint density at radius 2 is 2.07 bits per heavy atom. The lowest BCUT2D eigenvalue weighted by Crippen LogP contribution is -1.98. The van der Waals surface area contributed by atoms with Gasteiger partial charge in [-0.05, 0) is 36.4 Å². The molecule has 0 saturated heterocycles. The van der Waals surface area contributed by atoms with E-state index in [1.54, 1.807) is 12.4 Å². The zero-order chi connectivity index (χ0) is 18.1. The Kier molecular flexibility index (Phi) is 4.02. The number of rotatable bonds is 5. The number of aromatic nitrogens is 4. The Morgan fingerprint density at radius 1 is 1.11 bits per heavy atom. The van der Waals surface area contributed by atoms with E-state index in [0.717, 1.165) is 40.1 Å². The fourth-order valence-electron chi connectivity index (χ4n) is 2.82. The van der Waals surface area contributed by atoms with Crippen LogP contribution in [0.3, 0.4) is 0 Å². The molecule has 4 aromatic rings. The molecule has 1 aliphatic rings. The second-order valence-electron chi connectivity index (χ2n) is 6.00. The fraction of sp³-hybridized carbons (Fsp3) is 0.105. The quantitative estimate of drug-likeness (QED) is 0.529. The molecule has 0 atom stereocenters. The van der Waals surface area contributed by atoms with Gasteiger partial charge in [-0.1, -0.05) is 17.8 Å². The van der Waals surface area contributed by atoms with E-state index in [1.165, 1.54) is 11.8 Å². The maximum Gasteiger partial charge on any atom is 0.209 e. The van der Waals surface area contributed by atoms with E-state index < -0.39 is 0 Å². The van der Waals surface area contributed by atoms with Gasteiger partial charge in [-0.25, -0.2) is 0 Å². The van der Waals surface area contributed by atoms with Crippen molar-refractivity contribution in [2.45, 2.75) is 11.6 Å². The Labute approximate surface area is 158 Å². The van der Waals surface area contributed by atoms with Gasteiger partial charge in [-0.3, -0.25) is 10.1 Å². The molecular formula is C19H14N6OS. The smallest absolute Gasteiger partial charge is 0.209 e. The molecule has 0 unspecified atom stereocenters. The van der Waals surface area contributed by atoms with Crippen molar-refractivity contribution >= 4 is 34.6 Å². The average Bonchev–Trinajstić information content (AvgIpc) is 3.47. The van der Waals surface area contributed by atoms with Gasteiger partial charge < -0.3 is 4.42 Å². The molecular weight excluding hydrogens is 360 g/mol. The number of benzene rings is 1. The van der Waals surface area contributed by atoms with Gasteiger partial charge in [0, 0.05) is 35.5 Å². The second-order valence-corrected chi connectivity index (χ2v) is 6.94. The second kappa shape index (κ2) is 6.81. The minimum atomic E-state index is 0.607. The van der Waals surface area contributed by atoms with Crippen LogP contribution in [0.5, 0.6) is 0 Å². The molecule has 27 heavy (non-hydrogen) atoms. The molecule has 8 heteroatoms. The number of nitrogens with zero attached hydrogens (tertiary/aromatic N) is 5. The van der Waals surface area contributed by atoms with Crippen LogP contribution in [0.25, 0.3) is 33.8 Å². The van der Waals surface area contributed by atoms with E-state index >= 15 is 0 Å². The van der Waals surface area contributed by atoms with Gasteiger partial charge in [0.1, 0.15) is 5.76 Å². The molecule has 0 spiro atoms. The number of nitrogens with one attached hydrogen (secondary N) is 1. The van der Waals surface area contributed by atoms with E-state index in [2.05, 4.69) is 36.4 Å².